The van der Waals surface area contributed by atoms with Crippen LogP contribution >= 0.6 is 0 Å². The van der Waals surface area contributed by atoms with E-state index < -0.39 is 0 Å². The molecule has 0 radical (unpaired) electrons. The number of hydrogen-bond acceptors (Lipinski definition) is 5. The SMILES string of the molecule is COc1ccc(Cc2noc(CC(C)C3CCCNC3)n2)cc1. The minimum atomic E-state index is 0.567. The van der Waals surface area contributed by atoms with Crippen LogP contribution in [0.4, 0.5) is 0 Å². The lowest BCUT2D eigenvalue weighted by Crippen LogP contribution is -2.33. The summed E-state index contributed by atoms with van der Waals surface area (Å²) in [5.74, 6) is 3.64. The Bertz CT molecular complexity index is 603. The lowest BCUT2D eigenvalue weighted by Gasteiger charge is -2.27. The Balaban J connectivity index is 1.56. The molecule has 5 nitrogen and oxygen atoms in total. The van der Waals surface area contributed by atoms with E-state index in [-0.39, 0.29) is 0 Å². The molecule has 0 aliphatic carbocycles. The quantitative estimate of drug-likeness (QED) is 0.888. The first kappa shape index (κ1) is 16.0. The second kappa shape index (κ2) is 7.59. The molecule has 0 amide bonds. The number of ether oxygens (including phenoxy) is 1. The van der Waals surface area contributed by atoms with E-state index in [1.807, 2.05) is 24.3 Å². The average molecular weight is 315 g/mol. The van der Waals surface area contributed by atoms with E-state index in [9.17, 15) is 0 Å². The van der Waals surface area contributed by atoms with E-state index in [0.717, 1.165) is 42.5 Å². The highest BCUT2D eigenvalue weighted by Gasteiger charge is 2.22. The van der Waals surface area contributed by atoms with Gasteiger partial charge in [0.15, 0.2) is 5.82 Å². The van der Waals surface area contributed by atoms with E-state index in [1.54, 1.807) is 7.11 Å². The topological polar surface area (TPSA) is 60.2 Å². The maximum absolute atomic E-state index is 5.44. The van der Waals surface area contributed by atoms with Gasteiger partial charge >= 0.3 is 0 Å². The predicted octanol–water partition coefficient (Wildman–Crippen LogP) is 2.85. The van der Waals surface area contributed by atoms with Gasteiger partial charge in [-0.2, -0.15) is 4.98 Å². The van der Waals surface area contributed by atoms with Crippen molar-refractivity contribution < 1.29 is 9.26 Å². The van der Waals surface area contributed by atoms with Crippen molar-refractivity contribution in [2.75, 3.05) is 20.2 Å². The maximum Gasteiger partial charge on any atom is 0.226 e. The molecule has 0 saturated carbocycles. The molecule has 2 heterocycles. The molecule has 1 fully saturated rings. The Kier molecular flexibility index (Phi) is 5.28. The molecule has 5 heteroatoms. The smallest absolute Gasteiger partial charge is 0.226 e. The minimum absolute atomic E-state index is 0.567. The van der Waals surface area contributed by atoms with Crippen LogP contribution in [0.3, 0.4) is 0 Å². The molecule has 2 unspecified atom stereocenters. The van der Waals surface area contributed by atoms with E-state index in [2.05, 4.69) is 22.4 Å². The van der Waals surface area contributed by atoms with Crippen molar-refractivity contribution in [3.63, 3.8) is 0 Å². The Morgan fingerprint density at radius 2 is 2.17 bits per heavy atom. The molecule has 1 aliphatic heterocycles. The fraction of sp³-hybridized carbons (Fsp3) is 0.556. The summed E-state index contributed by atoms with van der Waals surface area (Å²) < 4.78 is 10.6. The predicted molar refractivity (Wildman–Crippen MR) is 88.6 cm³/mol. The van der Waals surface area contributed by atoms with Crippen molar-refractivity contribution in [1.82, 2.24) is 15.5 Å². The van der Waals surface area contributed by atoms with Crippen LogP contribution < -0.4 is 10.1 Å². The normalized spacial score (nSPS) is 19.5. The fourth-order valence-electron chi connectivity index (χ4n) is 3.18. The van der Waals surface area contributed by atoms with Crippen LogP contribution in [0.5, 0.6) is 5.75 Å². The van der Waals surface area contributed by atoms with E-state index in [4.69, 9.17) is 9.26 Å². The third-order valence-electron chi connectivity index (χ3n) is 4.67. The number of rotatable bonds is 6. The number of hydrogen-bond donors (Lipinski definition) is 1. The van der Waals surface area contributed by atoms with Crippen molar-refractivity contribution in [2.24, 2.45) is 11.8 Å². The Hall–Kier alpha value is -1.88. The second-order valence-electron chi connectivity index (χ2n) is 6.42. The summed E-state index contributed by atoms with van der Waals surface area (Å²) in [6.45, 7) is 4.54. The van der Waals surface area contributed by atoms with Crippen molar-refractivity contribution in [1.29, 1.82) is 0 Å². The van der Waals surface area contributed by atoms with Crippen LogP contribution in [0.1, 0.15) is 37.0 Å². The Labute approximate surface area is 137 Å². The first-order valence-electron chi connectivity index (χ1n) is 8.39. The molecule has 1 aromatic carbocycles. The highest BCUT2D eigenvalue weighted by atomic mass is 16.5. The van der Waals surface area contributed by atoms with Crippen molar-refractivity contribution >= 4 is 0 Å². The van der Waals surface area contributed by atoms with Crippen LogP contribution in [0, 0.1) is 11.8 Å². The summed E-state index contributed by atoms with van der Waals surface area (Å²) in [5, 5.41) is 7.59. The lowest BCUT2D eigenvalue weighted by molar-refractivity contribution is 0.256. The molecule has 3 rings (SSSR count). The first-order chi connectivity index (χ1) is 11.2. The van der Waals surface area contributed by atoms with Crippen molar-refractivity contribution in [3.8, 4) is 5.75 Å². The van der Waals surface area contributed by atoms with Gasteiger partial charge in [0.1, 0.15) is 5.75 Å². The molecule has 2 atom stereocenters. The highest BCUT2D eigenvalue weighted by molar-refractivity contribution is 5.28. The number of piperidine rings is 1. The third-order valence-corrected chi connectivity index (χ3v) is 4.67. The van der Waals surface area contributed by atoms with Gasteiger partial charge in [-0.3, -0.25) is 0 Å². The van der Waals surface area contributed by atoms with Gasteiger partial charge in [0.2, 0.25) is 5.89 Å². The zero-order valence-corrected chi connectivity index (χ0v) is 13.9. The second-order valence-corrected chi connectivity index (χ2v) is 6.42. The number of nitrogens with zero attached hydrogens (tertiary/aromatic N) is 2. The standard InChI is InChI=1S/C18H25N3O2/c1-13(15-4-3-9-19-12-15)10-18-20-17(21-23-18)11-14-5-7-16(22-2)8-6-14/h5-8,13,15,19H,3-4,9-12H2,1-2H3. The van der Waals surface area contributed by atoms with Crippen molar-refractivity contribution in [2.45, 2.75) is 32.6 Å². The molecule has 23 heavy (non-hydrogen) atoms. The summed E-state index contributed by atoms with van der Waals surface area (Å²) >= 11 is 0. The van der Waals surface area contributed by atoms with Gasteiger partial charge in [0.25, 0.3) is 0 Å². The average Bonchev–Trinajstić information content (AvgIpc) is 3.03. The van der Waals surface area contributed by atoms with E-state index >= 15 is 0 Å². The zero-order valence-electron chi connectivity index (χ0n) is 13.9. The van der Waals surface area contributed by atoms with Gasteiger partial charge in [0.05, 0.1) is 7.11 Å². The maximum atomic E-state index is 5.44. The number of aromatic nitrogens is 2. The van der Waals surface area contributed by atoms with Gasteiger partial charge in [0, 0.05) is 12.8 Å². The van der Waals surface area contributed by atoms with Crippen LogP contribution in [-0.4, -0.2) is 30.3 Å². The lowest BCUT2D eigenvalue weighted by atomic mass is 9.85. The molecular weight excluding hydrogens is 290 g/mol. The summed E-state index contributed by atoms with van der Waals surface area (Å²) in [6.07, 6.45) is 4.11. The van der Waals surface area contributed by atoms with Gasteiger partial charge < -0.3 is 14.6 Å². The van der Waals surface area contributed by atoms with Crippen molar-refractivity contribution in [3.05, 3.63) is 41.5 Å². The molecule has 0 spiro atoms. The van der Waals surface area contributed by atoms with E-state index in [0.29, 0.717) is 18.3 Å². The number of methoxy groups -OCH3 is 1. The van der Waals surface area contributed by atoms with Gasteiger partial charge in [-0.15, -0.1) is 0 Å². The first-order valence-corrected chi connectivity index (χ1v) is 8.39. The summed E-state index contributed by atoms with van der Waals surface area (Å²) in [7, 11) is 1.67. The van der Waals surface area contributed by atoms with Gasteiger partial charge in [-0.25, -0.2) is 0 Å². The Morgan fingerprint density at radius 1 is 1.35 bits per heavy atom. The number of benzene rings is 1. The molecular formula is C18H25N3O2. The zero-order chi connectivity index (χ0) is 16.1. The van der Waals surface area contributed by atoms with Crippen LogP contribution in [-0.2, 0) is 12.8 Å². The minimum Gasteiger partial charge on any atom is -0.497 e. The van der Waals surface area contributed by atoms with Crippen LogP contribution in [0.2, 0.25) is 0 Å². The molecule has 124 valence electrons. The summed E-state index contributed by atoms with van der Waals surface area (Å²) in [4.78, 5) is 4.55. The third kappa shape index (κ3) is 4.32. The number of nitrogens with one attached hydrogen (secondary N) is 1. The molecule has 1 aliphatic rings. The Morgan fingerprint density at radius 3 is 2.87 bits per heavy atom. The molecule has 2 aromatic rings. The molecule has 0 bridgehead atoms. The van der Waals surface area contributed by atoms with E-state index in [1.165, 1.54) is 12.8 Å². The van der Waals surface area contributed by atoms with Gasteiger partial charge in [-0.05, 0) is 55.5 Å². The molecule has 1 N–H and O–H groups in total. The largest absolute Gasteiger partial charge is 0.497 e. The highest BCUT2D eigenvalue weighted by Crippen LogP contribution is 2.23. The van der Waals surface area contributed by atoms with Gasteiger partial charge in [-0.1, -0.05) is 24.2 Å². The molecule has 1 aromatic heterocycles. The molecule has 1 saturated heterocycles. The summed E-state index contributed by atoms with van der Waals surface area (Å²) in [5.41, 5.74) is 1.16. The summed E-state index contributed by atoms with van der Waals surface area (Å²) in [6, 6.07) is 7.97. The monoisotopic (exact) mass is 315 g/mol. The van der Waals surface area contributed by atoms with Crippen LogP contribution in [0.15, 0.2) is 28.8 Å². The fourth-order valence-corrected chi connectivity index (χ4v) is 3.18. The van der Waals surface area contributed by atoms with Crippen LogP contribution in [0.25, 0.3) is 0 Å².